The van der Waals surface area contributed by atoms with Gasteiger partial charge in [-0.15, -0.1) is 0 Å². The second-order valence-electron chi connectivity index (χ2n) is 2.94. The molecule has 0 aromatic heterocycles. The van der Waals surface area contributed by atoms with Crippen molar-refractivity contribution in [2.45, 2.75) is 37.9 Å². The highest BCUT2D eigenvalue weighted by molar-refractivity contribution is 5.13. The molecule has 50 valence electrons. The van der Waals surface area contributed by atoms with Gasteiger partial charge in [-0.2, -0.15) is 0 Å². The molecule has 1 fully saturated rings. The van der Waals surface area contributed by atoms with Gasteiger partial charge in [0.05, 0.1) is 11.7 Å². The molecular weight excluding hydrogens is 112 g/mol. The second-order valence-corrected chi connectivity index (χ2v) is 2.94. The predicted molar refractivity (Wildman–Crippen MR) is 36.3 cm³/mol. The van der Waals surface area contributed by atoms with Gasteiger partial charge in [0.15, 0.2) is 0 Å². The smallest absolute Gasteiger partial charge is 0.0983 e. The Hall–Kier alpha value is -0.300. The number of rotatable bonds is 1. The van der Waals surface area contributed by atoms with E-state index < -0.39 is 0 Å². The van der Waals surface area contributed by atoms with Gasteiger partial charge >= 0.3 is 0 Å². The van der Waals surface area contributed by atoms with E-state index >= 15 is 0 Å². The van der Waals surface area contributed by atoms with Crippen LogP contribution in [0.4, 0.5) is 0 Å². The lowest BCUT2D eigenvalue weighted by Crippen LogP contribution is -2.14. The maximum atomic E-state index is 5.55. The summed E-state index contributed by atoms with van der Waals surface area (Å²) in [5.74, 6) is 0. The zero-order chi connectivity index (χ0) is 6.32. The Bertz CT molecular complexity index is 151. The quantitative estimate of drug-likeness (QED) is 0.384. The van der Waals surface area contributed by atoms with Gasteiger partial charge in [0, 0.05) is 0 Å². The van der Waals surface area contributed by atoms with E-state index in [1.54, 1.807) is 0 Å². The first kappa shape index (κ1) is 5.48. The Labute approximate surface area is 55.7 Å². The van der Waals surface area contributed by atoms with Gasteiger partial charge in [-0.3, -0.25) is 0 Å². The minimum Gasteiger partial charge on any atom is -0.365 e. The summed E-state index contributed by atoms with van der Waals surface area (Å²) in [6, 6.07) is 0. The second kappa shape index (κ2) is 1.60. The van der Waals surface area contributed by atoms with E-state index in [1.807, 2.05) is 0 Å². The first-order valence-corrected chi connectivity index (χ1v) is 3.70. The van der Waals surface area contributed by atoms with E-state index in [-0.39, 0.29) is 0 Å². The third-order valence-electron chi connectivity index (χ3n) is 2.49. The highest BCUT2D eigenvalue weighted by atomic mass is 16.6. The molecule has 0 bridgehead atoms. The molecule has 2 rings (SSSR count). The van der Waals surface area contributed by atoms with E-state index in [9.17, 15) is 0 Å². The maximum Gasteiger partial charge on any atom is 0.0983 e. The number of hydrogen-bond acceptors (Lipinski definition) is 1. The molecule has 1 heteroatoms. The Balaban J connectivity index is 2.11. The van der Waals surface area contributed by atoms with Crippen molar-refractivity contribution in [3.8, 4) is 0 Å². The van der Waals surface area contributed by atoms with Crippen LogP contribution >= 0.6 is 0 Å². The lowest BCUT2D eigenvalue weighted by molar-refractivity contribution is 0.290. The molecule has 1 saturated heterocycles. The highest BCUT2D eigenvalue weighted by Crippen LogP contribution is 2.47. The fraction of sp³-hybridized carbons (Fsp3) is 0.750. The number of fused-ring (bicyclic) bond motifs is 1. The molecule has 0 radical (unpaired) electrons. The summed E-state index contributed by atoms with van der Waals surface area (Å²) >= 11 is 0. The standard InChI is InChI=1S/C8H12O/c1-2-8-6-4-3-5-7(8)9-8/h3-4,7H,2,5-6H2,1H3/t7-,8+/m1/s1. The number of epoxide rings is 1. The Kier molecular flexibility index (Phi) is 0.974. The summed E-state index contributed by atoms with van der Waals surface area (Å²) in [4.78, 5) is 0. The minimum absolute atomic E-state index is 0.300. The number of hydrogen-bond donors (Lipinski definition) is 0. The average molecular weight is 124 g/mol. The SMILES string of the molecule is CC[C@]12CC=CC[C@H]1O2. The van der Waals surface area contributed by atoms with E-state index in [0.717, 1.165) is 12.8 Å². The van der Waals surface area contributed by atoms with Crippen LogP contribution in [0.2, 0.25) is 0 Å². The van der Waals surface area contributed by atoms with Crippen LogP contribution in [0.3, 0.4) is 0 Å². The largest absolute Gasteiger partial charge is 0.365 e. The molecule has 0 saturated carbocycles. The van der Waals surface area contributed by atoms with Gasteiger partial charge in [0.1, 0.15) is 0 Å². The predicted octanol–water partition coefficient (Wildman–Crippen LogP) is 1.88. The minimum atomic E-state index is 0.300. The number of ether oxygens (including phenoxy) is 1. The maximum absolute atomic E-state index is 5.55. The molecule has 0 aromatic carbocycles. The van der Waals surface area contributed by atoms with Crippen LogP contribution in [0.25, 0.3) is 0 Å². The summed E-state index contributed by atoms with van der Waals surface area (Å²) in [5, 5.41) is 0. The van der Waals surface area contributed by atoms with Gasteiger partial charge in [-0.1, -0.05) is 19.1 Å². The van der Waals surface area contributed by atoms with E-state index in [0.29, 0.717) is 11.7 Å². The lowest BCUT2D eigenvalue weighted by atomic mass is 9.92. The Morgan fingerprint density at radius 3 is 3.11 bits per heavy atom. The molecular formula is C8H12O. The molecule has 2 atom stereocenters. The molecule has 0 unspecified atom stereocenters. The fourth-order valence-corrected chi connectivity index (χ4v) is 1.65. The van der Waals surface area contributed by atoms with Crippen LogP contribution < -0.4 is 0 Å². The molecule has 0 amide bonds. The zero-order valence-corrected chi connectivity index (χ0v) is 5.76. The summed E-state index contributed by atoms with van der Waals surface area (Å²) in [6.07, 6.45) is 8.52. The van der Waals surface area contributed by atoms with Crippen molar-refractivity contribution in [3.05, 3.63) is 12.2 Å². The van der Waals surface area contributed by atoms with Crippen molar-refractivity contribution in [2.75, 3.05) is 0 Å². The highest BCUT2D eigenvalue weighted by Gasteiger charge is 2.54. The fourth-order valence-electron chi connectivity index (χ4n) is 1.65. The summed E-state index contributed by atoms with van der Waals surface area (Å²) in [5.41, 5.74) is 0.300. The van der Waals surface area contributed by atoms with Gasteiger partial charge in [-0.25, -0.2) is 0 Å². The van der Waals surface area contributed by atoms with Gasteiger partial charge in [0.25, 0.3) is 0 Å². The summed E-state index contributed by atoms with van der Waals surface area (Å²) in [7, 11) is 0. The van der Waals surface area contributed by atoms with Crippen LogP contribution in [0.1, 0.15) is 26.2 Å². The molecule has 1 nitrogen and oxygen atoms in total. The summed E-state index contributed by atoms with van der Waals surface area (Å²) < 4.78 is 5.55. The normalized spacial score (nSPS) is 46.6. The van der Waals surface area contributed by atoms with Gasteiger partial charge in [0.2, 0.25) is 0 Å². The molecule has 1 aliphatic heterocycles. The summed E-state index contributed by atoms with van der Waals surface area (Å²) in [6.45, 7) is 2.21. The van der Waals surface area contributed by atoms with Crippen LogP contribution in [0.5, 0.6) is 0 Å². The first-order valence-electron chi connectivity index (χ1n) is 3.70. The van der Waals surface area contributed by atoms with Crippen molar-refractivity contribution in [3.63, 3.8) is 0 Å². The van der Waals surface area contributed by atoms with Crippen LogP contribution in [0.15, 0.2) is 12.2 Å². The van der Waals surface area contributed by atoms with Crippen molar-refractivity contribution in [1.29, 1.82) is 0 Å². The Morgan fingerprint density at radius 1 is 1.67 bits per heavy atom. The van der Waals surface area contributed by atoms with Crippen LogP contribution in [0, 0.1) is 0 Å². The van der Waals surface area contributed by atoms with Gasteiger partial charge in [-0.05, 0) is 19.3 Å². The van der Waals surface area contributed by atoms with E-state index in [4.69, 9.17) is 4.74 Å². The molecule has 0 spiro atoms. The molecule has 0 aromatic rings. The molecule has 1 aliphatic carbocycles. The van der Waals surface area contributed by atoms with Crippen LogP contribution in [-0.2, 0) is 4.74 Å². The van der Waals surface area contributed by atoms with Crippen LogP contribution in [-0.4, -0.2) is 11.7 Å². The topological polar surface area (TPSA) is 12.5 Å². The lowest BCUT2D eigenvalue weighted by Gasteiger charge is -2.08. The van der Waals surface area contributed by atoms with Crippen molar-refractivity contribution < 1.29 is 4.74 Å². The molecule has 0 N–H and O–H groups in total. The van der Waals surface area contributed by atoms with E-state index in [2.05, 4.69) is 19.1 Å². The average Bonchev–Trinajstić information content (AvgIpc) is 2.62. The third kappa shape index (κ3) is 0.645. The van der Waals surface area contributed by atoms with Crippen molar-refractivity contribution >= 4 is 0 Å². The third-order valence-corrected chi connectivity index (χ3v) is 2.49. The monoisotopic (exact) mass is 124 g/mol. The zero-order valence-electron chi connectivity index (χ0n) is 5.76. The van der Waals surface area contributed by atoms with Crippen molar-refractivity contribution in [1.82, 2.24) is 0 Å². The first-order chi connectivity index (χ1) is 4.37. The Morgan fingerprint density at radius 2 is 2.56 bits per heavy atom. The molecule has 2 aliphatic rings. The van der Waals surface area contributed by atoms with Crippen molar-refractivity contribution in [2.24, 2.45) is 0 Å². The van der Waals surface area contributed by atoms with E-state index in [1.165, 1.54) is 6.42 Å². The molecule has 9 heavy (non-hydrogen) atoms. The van der Waals surface area contributed by atoms with Gasteiger partial charge < -0.3 is 4.74 Å². The molecule has 1 heterocycles.